The second kappa shape index (κ2) is 5.34. The second-order valence-corrected chi connectivity index (χ2v) is 5.92. The number of nitrogens with one attached hydrogen (secondary N) is 1. The molecule has 0 amide bonds. The Morgan fingerprint density at radius 2 is 2.10 bits per heavy atom. The lowest BCUT2D eigenvalue weighted by atomic mass is 10.1. The van der Waals surface area contributed by atoms with Crippen molar-refractivity contribution in [2.45, 2.75) is 19.8 Å². The first-order chi connectivity index (χ1) is 9.72. The summed E-state index contributed by atoms with van der Waals surface area (Å²) < 4.78 is 2.06. The highest BCUT2D eigenvalue weighted by Crippen LogP contribution is 2.19. The van der Waals surface area contributed by atoms with Crippen molar-refractivity contribution < 1.29 is 0 Å². The van der Waals surface area contributed by atoms with Gasteiger partial charge in [0.15, 0.2) is 4.77 Å². The third kappa shape index (κ3) is 2.13. The molecule has 0 aliphatic carbocycles. The fourth-order valence-corrected chi connectivity index (χ4v) is 3.49. The Morgan fingerprint density at radius 3 is 2.90 bits per heavy atom. The minimum Gasteiger partial charge on any atom is -0.323 e. The van der Waals surface area contributed by atoms with Gasteiger partial charge in [-0.2, -0.15) is 0 Å². The maximum atomic E-state index is 12.7. The van der Waals surface area contributed by atoms with Crippen molar-refractivity contribution in [1.82, 2.24) is 9.55 Å². The molecular formula is C15H14N2OS2. The van der Waals surface area contributed by atoms with Gasteiger partial charge in [-0.3, -0.25) is 9.36 Å². The number of hydrogen-bond donors (Lipinski definition) is 1. The topological polar surface area (TPSA) is 37.8 Å². The maximum absolute atomic E-state index is 12.7. The number of H-pyrrole nitrogens is 1. The molecule has 0 spiro atoms. The van der Waals surface area contributed by atoms with E-state index in [2.05, 4.69) is 18.0 Å². The Kier molecular flexibility index (Phi) is 3.54. The Labute approximate surface area is 125 Å². The lowest BCUT2D eigenvalue weighted by Crippen LogP contribution is -2.21. The number of thiophene rings is 1. The SMILES string of the molecule is CCCc1ccccc1-n1c(=S)[nH]c2sccc2c1=O. The summed E-state index contributed by atoms with van der Waals surface area (Å²) in [7, 11) is 0. The first-order valence-electron chi connectivity index (χ1n) is 6.53. The summed E-state index contributed by atoms with van der Waals surface area (Å²) in [5.74, 6) is 0. The maximum Gasteiger partial charge on any atom is 0.267 e. The van der Waals surface area contributed by atoms with E-state index in [0.717, 1.165) is 28.9 Å². The quantitative estimate of drug-likeness (QED) is 0.741. The van der Waals surface area contributed by atoms with Crippen LogP contribution in [0.5, 0.6) is 0 Å². The highest BCUT2D eigenvalue weighted by molar-refractivity contribution is 7.71. The van der Waals surface area contributed by atoms with E-state index in [1.165, 1.54) is 11.3 Å². The highest BCUT2D eigenvalue weighted by atomic mass is 32.1. The molecule has 0 aliphatic rings. The molecule has 0 bridgehead atoms. The van der Waals surface area contributed by atoms with Crippen LogP contribution < -0.4 is 5.56 Å². The molecule has 2 heterocycles. The van der Waals surface area contributed by atoms with Crippen LogP contribution in [0.2, 0.25) is 0 Å². The van der Waals surface area contributed by atoms with Crippen LogP contribution in [0.4, 0.5) is 0 Å². The highest BCUT2D eigenvalue weighted by Gasteiger charge is 2.11. The number of rotatable bonds is 3. The van der Waals surface area contributed by atoms with Gasteiger partial charge in [-0.25, -0.2) is 0 Å². The Bertz CT molecular complexity index is 873. The lowest BCUT2D eigenvalue weighted by molar-refractivity contribution is 0.873. The van der Waals surface area contributed by atoms with Gasteiger partial charge in [0.1, 0.15) is 4.83 Å². The van der Waals surface area contributed by atoms with Crippen LogP contribution in [-0.2, 0) is 6.42 Å². The molecule has 1 aromatic carbocycles. The van der Waals surface area contributed by atoms with Gasteiger partial charge in [-0.15, -0.1) is 11.3 Å². The molecule has 20 heavy (non-hydrogen) atoms. The summed E-state index contributed by atoms with van der Waals surface area (Å²) >= 11 is 6.87. The van der Waals surface area contributed by atoms with Gasteiger partial charge in [-0.05, 0) is 41.7 Å². The zero-order valence-corrected chi connectivity index (χ0v) is 12.7. The van der Waals surface area contributed by atoms with Crippen LogP contribution in [0.15, 0.2) is 40.5 Å². The van der Waals surface area contributed by atoms with E-state index in [0.29, 0.717) is 10.2 Å². The van der Waals surface area contributed by atoms with Crippen molar-refractivity contribution in [1.29, 1.82) is 0 Å². The third-order valence-corrected chi connectivity index (χ3v) is 4.39. The molecule has 0 atom stereocenters. The summed E-state index contributed by atoms with van der Waals surface area (Å²) in [5.41, 5.74) is 1.98. The van der Waals surface area contributed by atoms with E-state index in [1.54, 1.807) is 4.57 Å². The summed E-state index contributed by atoms with van der Waals surface area (Å²) in [4.78, 5) is 16.6. The van der Waals surface area contributed by atoms with E-state index >= 15 is 0 Å². The van der Waals surface area contributed by atoms with Gasteiger partial charge < -0.3 is 4.98 Å². The van der Waals surface area contributed by atoms with E-state index in [9.17, 15) is 4.79 Å². The lowest BCUT2D eigenvalue weighted by Gasteiger charge is -2.11. The van der Waals surface area contributed by atoms with Gasteiger partial charge in [0.05, 0.1) is 11.1 Å². The Hall–Kier alpha value is -1.72. The Morgan fingerprint density at radius 1 is 1.30 bits per heavy atom. The predicted molar refractivity (Wildman–Crippen MR) is 86.6 cm³/mol. The van der Waals surface area contributed by atoms with E-state index < -0.39 is 0 Å². The molecule has 0 saturated carbocycles. The number of nitrogens with zero attached hydrogens (tertiary/aromatic N) is 1. The van der Waals surface area contributed by atoms with Crippen molar-refractivity contribution in [3.05, 3.63) is 56.4 Å². The van der Waals surface area contributed by atoms with E-state index in [-0.39, 0.29) is 5.56 Å². The summed E-state index contributed by atoms with van der Waals surface area (Å²) in [6.45, 7) is 2.13. The molecule has 5 heteroatoms. The summed E-state index contributed by atoms with van der Waals surface area (Å²) in [6, 6.07) is 9.78. The fraction of sp³-hybridized carbons (Fsp3) is 0.200. The van der Waals surface area contributed by atoms with Crippen LogP contribution >= 0.6 is 23.6 Å². The molecule has 3 nitrogen and oxygen atoms in total. The Balaban J connectivity index is 2.35. The normalized spacial score (nSPS) is 11.1. The number of fused-ring (bicyclic) bond motifs is 1. The molecule has 0 unspecified atom stereocenters. The van der Waals surface area contributed by atoms with Gasteiger partial charge in [0.25, 0.3) is 5.56 Å². The molecular weight excluding hydrogens is 288 g/mol. The number of aromatic nitrogens is 2. The van der Waals surface area contributed by atoms with Crippen LogP contribution in [0.1, 0.15) is 18.9 Å². The molecule has 0 fully saturated rings. The molecule has 2 aromatic heterocycles. The van der Waals surface area contributed by atoms with Crippen LogP contribution in [0.25, 0.3) is 15.9 Å². The van der Waals surface area contributed by atoms with Gasteiger partial charge >= 0.3 is 0 Å². The molecule has 3 rings (SSSR count). The van der Waals surface area contributed by atoms with Gasteiger partial charge in [0, 0.05) is 0 Å². The summed E-state index contributed by atoms with van der Waals surface area (Å²) in [5, 5.41) is 2.59. The zero-order chi connectivity index (χ0) is 14.1. The average Bonchev–Trinajstić information content (AvgIpc) is 2.89. The predicted octanol–water partition coefficient (Wildman–Crippen LogP) is 4.06. The number of benzene rings is 1. The second-order valence-electron chi connectivity index (χ2n) is 4.61. The van der Waals surface area contributed by atoms with Crippen LogP contribution in [0.3, 0.4) is 0 Å². The fourth-order valence-electron chi connectivity index (χ4n) is 2.37. The average molecular weight is 302 g/mol. The summed E-state index contributed by atoms with van der Waals surface area (Å²) in [6.07, 6.45) is 1.96. The standard InChI is InChI=1S/C15H14N2OS2/c1-2-5-10-6-3-4-7-12(10)17-14(18)11-8-9-20-13(11)16-15(17)19/h3-4,6-9H,2,5H2,1H3,(H,16,19). The van der Waals surface area contributed by atoms with Crippen molar-refractivity contribution in [2.24, 2.45) is 0 Å². The van der Waals surface area contributed by atoms with Crippen molar-refractivity contribution in [3.63, 3.8) is 0 Å². The van der Waals surface area contributed by atoms with E-state index in [4.69, 9.17) is 12.2 Å². The van der Waals surface area contributed by atoms with Gasteiger partial charge in [-0.1, -0.05) is 31.5 Å². The molecule has 0 radical (unpaired) electrons. The van der Waals surface area contributed by atoms with Crippen molar-refractivity contribution in [2.75, 3.05) is 0 Å². The number of hydrogen-bond acceptors (Lipinski definition) is 3. The minimum absolute atomic E-state index is 0.0476. The molecule has 3 aromatic rings. The molecule has 0 saturated heterocycles. The zero-order valence-electron chi connectivity index (χ0n) is 11.1. The smallest absolute Gasteiger partial charge is 0.267 e. The minimum atomic E-state index is -0.0476. The number of aromatic amines is 1. The first kappa shape index (κ1) is 13.3. The third-order valence-electron chi connectivity index (χ3n) is 3.27. The molecule has 1 N–H and O–H groups in total. The van der Waals surface area contributed by atoms with Crippen LogP contribution in [0, 0.1) is 4.77 Å². The number of para-hydroxylation sites is 1. The largest absolute Gasteiger partial charge is 0.323 e. The molecule has 102 valence electrons. The van der Waals surface area contributed by atoms with Crippen LogP contribution in [-0.4, -0.2) is 9.55 Å². The van der Waals surface area contributed by atoms with Gasteiger partial charge in [0.2, 0.25) is 0 Å². The number of aryl methyl sites for hydroxylation is 1. The first-order valence-corrected chi connectivity index (χ1v) is 7.82. The van der Waals surface area contributed by atoms with Crippen molar-refractivity contribution in [3.8, 4) is 5.69 Å². The van der Waals surface area contributed by atoms with E-state index in [1.807, 2.05) is 29.6 Å². The molecule has 0 aliphatic heterocycles. The monoisotopic (exact) mass is 302 g/mol. The van der Waals surface area contributed by atoms with Crippen molar-refractivity contribution >= 4 is 33.8 Å².